The van der Waals surface area contributed by atoms with Gasteiger partial charge in [0.25, 0.3) is 0 Å². The van der Waals surface area contributed by atoms with E-state index in [1.807, 2.05) is 30.3 Å². The van der Waals surface area contributed by atoms with Gasteiger partial charge < -0.3 is 14.9 Å². The van der Waals surface area contributed by atoms with Gasteiger partial charge in [0.1, 0.15) is 0 Å². The molecule has 1 aromatic rings. The van der Waals surface area contributed by atoms with Crippen molar-refractivity contribution in [2.24, 2.45) is 0 Å². The van der Waals surface area contributed by atoms with Crippen LogP contribution in [0.4, 0.5) is 0 Å². The molecule has 0 unspecified atom stereocenters. The van der Waals surface area contributed by atoms with Crippen molar-refractivity contribution in [3.63, 3.8) is 0 Å². The largest absolute Gasteiger partial charge is 3.00 e. The first kappa shape index (κ1) is 16.8. The maximum absolute atomic E-state index is 3.62. The summed E-state index contributed by atoms with van der Waals surface area (Å²) in [6.07, 6.45) is 1.81. The molecule has 0 bridgehead atoms. The summed E-state index contributed by atoms with van der Waals surface area (Å²) in [5.41, 5.74) is 1.14. The molecule has 0 aromatic heterocycles. The van der Waals surface area contributed by atoms with Crippen LogP contribution >= 0.6 is 0 Å². The van der Waals surface area contributed by atoms with Gasteiger partial charge in [-0.2, -0.15) is 30.3 Å². The number of hydrogen-bond acceptors (Lipinski definition) is 0. The molecular formula is C10H13Fe. The quantitative estimate of drug-likeness (QED) is 0.470. The summed E-state index contributed by atoms with van der Waals surface area (Å²) in [5, 5.41) is 0. The van der Waals surface area contributed by atoms with Crippen molar-refractivity contribution < 1.29 is 17.1 Å². The minimum atomic E-state index is 0. The van der Waals surface area contributed by atoms with Crippen LogP contribution in [0.1, 0.15) is 5.56 Å². The van der Waals surface area contributed by atoms with Gasteiger partial charge in [-0.3, -0.25) is 0 Å². The van der Waals surface area contributed by atoms with Gasteiger partial charge in [0, 0.05) is 0 Å². The van der Waals surface area contributed by atoms with Crippen LogP contribution in [0.5, 0.6) is 0 Å². The van der Waals surface area contributed by atoms with Crippen LogP contribution in [0.3, 0.4) is 0 Å². The van der Waals surface area contributed by atoms with Gasteiger partial charge in [0.2, 0.25) is 0 Å². The Labute approximate surface area is 80.8 Å². The fourth-order valence-electron chi connectivity index (χ4n) is 0.536. The molecule has 0 aliphatic carbocycles. The molecule has 11 heavy (non-hydrogen) atoms. The average molecular weight is 189 g/mol. The number of benzene rings is 1. The van der Waals surface area contributed by atoms with Gasteiger partial charge in [-0.05, 0) is 0 Å². The van der Waals surface area contributed by atoms with Crippen LogP contribution in [-0.4, -0.2) is 0 Å². The predicted molar refractivity (Wildman–Crippen MR) is 48.2 cm³/mol. The van der Waals surface area contributed by atoms with Gasteiger partial charge >= 0.3 is 17.1 Å². The molecule has 1 radical (unpaired) electrons. The standard InChI is InChI=1S/C8H7.2CH3.Fe/c1-2-8-6-4-3-5-7-8;;;/h2,4-7H,1H2;2*1H3;/q3*-1;+3. The normalized spacial score (nSPS) is 6.18. The van der Waals surface area contributed by atoms with Gasteiger partial charge in [-0.25, -0.2) is 0 Å². The van der Waals surface area contributed by atoms with Crippen molar-refractivity contribution in [3.8, 4) is 0 Å². The van der Waals surface area contributed by atoms with E-state index >= 15 is 0 Å². The maximum atomic E-state index is 3.62. The predicted octanol–water partition coefficient (Wildman–Crippen LogP) is 3.03. The van der Waals surface area contributed by atoms with Crippen LogP contribution in [0.25, 0.3) is 6.08 Å². The van der Waals surface area contributed by atoms with E-state index in [4.69, 9.17) is 0 Å². The Balaban J connectivity index is -0.000000213. The fraction of sp³-hybridized carbons (Fsp3) is 0. The molecule has 0 saturated heterocycles. The minimum absolute atomic E-state index is 0. The minimum Gasteiger partial charge on any atom is -0.358 e. The van der Waals surface area contributed by atoms with E-state index < -0.39 is 0 Å². The smallest absolute Gasteiger partial charge is 0.358 e. The third-order valence-electron chi connectivity index (χ3n) is 0.980. The van der Waals surface area contributed by atoms with Gasteiger partial charge in [-0.1, -0.05) is 6.08 Å². The molecule has 1 rings (SSSR count). The van der Waals surface area contributed by atoms with Crippen LogP contribution in [0.15, 0.2) is 30.8 Å². The summed E-state index contributed by atoms with van der Waals surface area (Å²) in [6.45, 7) is 3.62. The molecule has 0 saturated carbocycles. The summed E-state index contributed by atoms with van der Waals surface area (Å²) in [7, 11) is 0. The Hall–Kier alpha value is -0.521. The fourth-order valence-corrected chi connectivity index (χ4v) is 0.536. The first-order valence-electron chi connectivity index (χ1n) is 2.52. The molecule has 0 aliphatic heterocycles. The molecule has 0 fully saturated rings. The summed E-state index contributed by atoms with van der Waals surface area (Å²) in [5.74, 6) is 0. The summed E-state index contributed by atoms with van der Waals surface area (Å²) >= 11 is 0. The Bertz CT molecular complexity index is 167. The van der Waals surface area contributed by atoms with Gasteiger partial charge in [0.15, 0.2) is 0 Å². The summed E-state index contributed by atoms with van der Waals surface area (Å²) in [6, 6.07) is 10.6. The molecule has 1 aromatic carbocycles. The van der Waals surface area contributed by atoms with Crippen molar-refractivity contribution in [1.82, 2.24) is 0 Å². The molecule has 0 spiro atoms. The molecule has 0 N–H and O–H groups in total. The first-order chi connectivity index (χ1) is 3.93. The van der Waals surface area contributed by atoms with Crippen molar-refractivity contribution in [3.05, 3.63) is 57.3 Å². The first-order valence-corrected chi connectivity index (χ1v) is 2.52. The van der Waals surface area contributed by atoms with E-state index in [9.17, 15) is 0 Å². The van der Waals surface area contributed by atoms with E-state index in [0.717, 1.165) is 5.56 Å². The van der Waals surface area contributed by atoms with Crippen molar-refractivity contribution in [2.75, 3.05) is 0 Å². The van der Waals surface area contributed by atoms with E-state index in [2.05, 4.69) is 12.6 Å². The number of rotatable bonds is 1. The van der Waals surface area contributed by atoms with Crippen LogP contribution in [-0.2, 0) is 17.1 Å². The Kier molecular flexibility index (Phi) is 14.5. The van der Waals surface area contributed by atoms with E-state index in [-0.39, 0.29) is 31.9 Å². The molecule has 0 nitrogen and oxygen atoms in total. The zero-order valence-corrected chi connectivity index (χ0v) is 8.05. The monoisotopic (exact) mass is 189 g/mol. The Morgan fingerprint density at radius 2 is 1.64 bits per heavy atom. The molecule has 0 amide bonds. The third kappa shape index (κ3) is 5.90. The Morgan fingerprint density at radius 3 is 1.91 bits per heavy atom. The molecule has 0 atom stereocenters. The van der Waals surface area contributed by atoms with Gasteiger partial charge in [0.05, 0.1) is 0 Å². The Morgan fingerprint density at radius 1 is 1.18 bits per heavy atom. The van der Waals surface area contributed by atoms with Crippen molar-refractivity contribution in [2.45, 2.75) is 0 Å². The zero-order chi connectivity index (χ0) is 5.82. The molecule has 0 heterocycles. The van der Waals surface area contributed by atoms with E-state index in [0.29, 0.717) is 0 Å². The second-order valence-electron chi connectivity index (χ2n) is 1.54. The summed E-state index contributed by atoms with van der Waals surface area (Å²) in [4.78, 5) is 0. The van der Waals surface area contributed by atoms with Crippen molar-refractivity contribution >= 4 is 6.08 Å². The molecular weight excluding hydrogens is 176 g/mol. The van der Waals surface area contributed by atoms with Crippen LogP contribution in [0, 0.1) is 20.9 Å². The zero-order valence-electron chi connectivity index (χ0n) is 6.95. The van der Waals surface area contributed by atoms with Gasteiger partial charge in [-0.15, -0.1) is 12.1 Å². The topological polar surface area (TPSA) is 0 Å². The van der Waals surface area contributed by atoms with Crippen LogP contribution < -0.4 is 0 Å². The average Bonchev–Trinajstić information content (AvgIpc) is 1.90. The van der Waals surface area contributed by atoms with E-state index in [1.54, 1.807) is 0 Å². The maximum Gasteiger partial charge on any atom is 3.00 e. The SMILES string of the molecule is C=Cc1cc[c-]cc1.[CH3-].[CH3-].[Fe+3]. The summed E-state index contributed by atoms with van der Waals surface area (Å²) < 4.78 is 0. The molecule has 0 aliphatic rings. The molecule has 61 valence electrons. The molecule has 1 heteroatoms. The third-order valence-corrected chi connectivity index (χ3v) is 0.980. The van der Waals surface area contributed by atoms with E-state index in [1.165, 1.54) is 0 Å². The second-order valence-corrected chi connectivity index (χ2v) is 1.54. The second kappa shape index (κ2) is 9.48. The van der Waals surface area contributed by atoms with Crippen LogP contribution in [0.2, 0.25) is 0 Å². The number of hydrogen-bond donors (Lipinski definition) is 0. The van der Waals surface area contributed by atoms with Crippen molar-refractivity contribution in [1.29, 1.82) is 0 Å².